The molecule has 0 aliphatic carbocycles. The number of nitrogens with one attached hydrogen (secondary N) is 1. The van der Waals surface area contributed by atoms with Gasteiger partial charge in [-0.15, -0.1) is 0 Å². The number of phenols is 1. The molecule has 6 heteroatoms. The molecule has 0 bridgehead atoms. The lowest BCUT2D eigenvalue weighted by atomic mass is 10.0. The number of benzene rings is 3. The standard InChI is InChI=1S/C18H14FNO3S/c19-13-10-11-17(21)16(12-13)15-8-4-5-9-18(15)24(22,23)20-14-6-2-1-3-7-14/h1-12,20-21H. The van der Waals surface area contributed by atoms with Crippen molar-refractivity contribution in [3.05, 3.63) is 78.6 Å². The van der Waals surface area contributed by atoms with Gasteiger partial charge in [-0.25, -0.2) is 12.8 Å². The van der Waals surface area contributed by atoms with Crippen LogP contribution in [0.15, 0.2) is 77.7 Å². The van der Waals surface area contributed by atoms with Crippen LogP contribution in [0.3, 0.4) is 0 Å². The zero-order valence-electron chi connectivity index (χ0n) is 12.5. The molecule has 122 valence electrons. The van der Waals surface area contributed by atoms with Crippen LogP contribution in [0.4, 0.5) is 10.1 Å². The van der Waals surface area contributed by atoms with Crippen molar-refractivity contribution in [2.75, 3.05) is 4.72 Å². The average molecular weight is 343 g/mol. The molecular weight excluding hydrogens is 329 g/mol. The van der Waals surface area contributed by atoms with Crippen LogP contribution in [-0.2, 0) is 10.0 Å². The molecule has 0 aliphatic heterocycles. The van der Waals surface area contributed by atoms with Crippen LogP contribution in [0.2, 0.25) is 0 Å². The SMILES string of the molecule is O=S(=O)(Nc1ccccc1)c1ccccc1-c1cc(F)ccc1O. The van der Waals surface area contributed by atoms with E-state index in [1.54, 1.807) is 42.5 Å². The second-order valence-corrected chi connectivity index (χ2v) is 6.78. The van der Waals surface area contributed by atoms with Crippen LogP contribution >= 0.6 is 0 Å². The van der Waals surface area contributed by atoms with Crippen molar-refractivity contribution in [3.63, 3.8) is 0 Å². The first-order chi connectivity index (χ1) is 11.5. The summed E-state index contributed by atoms with van der Waals surface area (Å²) >= 11 is 0. The van der Waals surface area contributed by atoms with Crippen molar-refractivity contribution in [2.24, 2.45) is 0 Å². The molecule has 0 fully saturated rings. The molecule has 24 heavy (non-hydrogen) atoms. The summed E-state index contributed by atoms with van der Waals surface area (Å²) < 4.78 is 41.4. The fourth-order valence-corrected chi connectivity index (χ4v) is 3.65. The molecule has 3 rings (SSSR count). The fraction of sp³-hybridized carbons (Fsp3) is 0. The van der Waals surface area contributed by atoms with Gasteiger partial charge in [0.15, 0.2) is 0 Å². The molecule has 0 atom stereocenters. The summed E-state index contributed by atoms with van der Waals surface area (Å²) in [5.41, 5.74) is 0.748. The molecule has 0 saturated heterocycles. The topological polar surface area (TPSA) is 66.4 Å². The Balaban J connectivity index is 2.11. The molecule has 0 aliphatic rings. The minimum absolute atomic E-state index is 0.0465. The number of sulfonamides is 1. The summed E-state index contributed by atoms with van der Waals surface area (Å²) in [6, 6.07) is 18.0. The van der Waals surface area contributed by atoms with Gasteiger partial charge in [-0.3, -0.25) is 4.72 Å². The number of hydrogen-bond donors (Lipinski definition) is 2. The summed E-state index contributed by atoms with van der Waals surface area (Å²) in [6.07, 6.45) is 0. The first-order valence-corrected chi connectivity index (χ1v) is 8.61. The second-order valence-electron chi connectivity index (χ2n) is 5.13. The van der Waals surface area contributed by atoms with Crippen molar-refractivity contribution < 1.29 is 17.9 Å². The summed E-state index contributed by atoms with van der Waals surface area (Å²) in [5.74, 6) is -0.759. The van der Waals surface area contributed by atoms with Crippen LogP contribution in [0, 0.1) is 5.82 Å². The summed E-state index contributed by atoms with van der Waals surface area (Å²) in [6.45, 7) is 0. The predicted molar refractivity (Wildman–Crippen MR) is 90.8 cm³/mol. The highest BCUT2D eigenvalue weighted by molar-refractivity contribution is 7.92. The van der Waals surface area contributed by atoms with E-state index < -0.39 is 15.8 Å². The van der Waals surface area contributed by atoms with Gasteiger partial charge in [0, 0.05) is 16.8 Å². The number of aromatic hydroxyl groups is 1. The van der Waals surface area contributed by atoms with E-state index in [0.29, 0.717) is 5.69 Å². The number of halogens is 1. The summed E-state index contributed by atoms with van der Waals surface area (Å²) in [7, 11) is -3.91. The highest BCUT2D eigenvalue weighted by Gasteiger charge is 2.21. The predicted octanol–water partition coefficient (Wildman–Crippen LogP) is 4.00. The van der Waals surface area contributed by atoms with Gasteiger partial charge in [0.2, 0.25) is 0 Å². The Hall–Kier alpha value is -2.86. The van der Waals surface area contributed by atoms with E-state index in [2.05, 4.69) is 4.72 Å². The van der Waals surface area contributed by atoms with Gasteiger partial charge in [0.1, 0.15) is 11.6 Å². The van der Waals surface area contributed by atoms with Crippen molar-refractivity contribution in [1.29, 1.82) is 0 Å². The molecule has 4 nitrogen and oxygen atoms in total. The van der Waals surface area contributed by atoms with Crippen molar-refractivity contribution >= 4 is 15.7 Å². The molecule has 0 unspecified atom stereocenters. The lowest BCUT2D eigenvalue weighted by Gasteiger charge is -2.13. The number of anilines is 1. The number of rotatable bonds is 4. The maximum absolute atomic E-state index is 13.5. The Labute approximate surface area is 139 Å². The number of para-hydroxylation sites is 1. The van der Waals surface area contributed by atoms with Crippen LogP contribution in [0.25, 0.3) is 11.1 Å². The minimum atomic E-state index is -3.91. The van der Waals surface area contributed by atoms with E-state index in [0.717, 1.165) is 12.1 Å². The van der Waals surface area contributed by atoms with Gasteiger partial charge in [-0.05, 0) is 36.4 Å². The maximum atomic E-state index is 13.5. The van der Waals surface area contributed by atoms with Gasteiger partial charge in [-0.2, -0.15) is 0 Å². The van der Waals surface area contributed by atoms with Crippen LogP contribution < -0.4 is 4.72 Å². The molecule has 0 aromatic heterocycles. The van der Waals surface area contributed by atoms with Gasteiger partial charge < -0.3 is 5.11 Å². The van der Waals surface area contributed by atoms with Crippen LogP contribution in [-0.4, -0.2) is 13.5 Å². The Morgan fingerprint density at radius 3 is 2.25 bits per heavy atom. The minimum Gasteiger partial charge on any atom is -0.507 e. The lowest BCUT2D eigenvalue weighted by molar-refractivity contribution is 0.475. The lowest BCUT2D eigenvalue weighted by Crippen LogP contribution is -2.14. The molecule has 0 heterocycles. The molecule has 0 radical (unpaired) electrons. The van der Waals surface area contributed by atoms with E-state index in [4.69, 9.17) is 0 Å². The van der Waals surface area contributed by atoms with Crippen molar-refractivity contribution in [3.8, 4) is 16.9 Å². The van der Waals surface area contributed by atoms with Crippen molar-refractivity contribution in [1.82, 2.24) is 0 Å². The second kappa shape index (κ2) is 6.33. The van der Waals surface area contributed by atoms with Crippen LogP contribution in [0.1, 0.15) is 0 Å². The monoisotopic (exact) mass is 343 g/mol. The summed E-state index contributed by atoms with van der Waals surface area (Å²) in [4.78, 5) is -0.0465. The number of phenolic OH excluding ortho intramolecular Hbond substituents is 1. The quantitative estimate of drug-likeness (QED) is 0.752. The van der Waals surface area contributed by atoms with Gasteiger partial charge in [-0.1, -0.05) is 36.4 Å². The Morgan fingerprint density at radius 2 is 1.50 bits per heavy atom. The highest BCUT2D eigenvalue weighted by atomic mass is 32.2. The smallest absolute Gasteiger partial charge is 0.262 e. The molecule has 3 aromatic rings. The van der Waals surface area contributed by atoms with Gasteiger partial charge in [0.25, 0.3) is 10.0 Å². The van der Waals surface area contributed by atoms with E-state index in [9.17, 15) is 17.9 Å². The molecule has 0 saturated carbocycles. The largest absolute Gasteiger partial charge is 0.507 e. The van der Waals surface area contributed by atoms with Gasteiger partial charge >= 0.3 is 0 Å². The third-order valence-corrected chi connectivity index (χ3v) is 4.89. The third kappa shape index (κ3) is 3.23. The fourth-order valence-electron chi connectivity index (χ4n) is 2.36. The first-order valence-electron chi connectivity index (χ1n) is 7.13. The average Bonchev–Trinajstić information content (AvgIpc) is 2.57. The molecular formula is C18H14FNO3S. The van der Waals surface area contributed by atoms with Crippen molar-refractivity contribution in [2.45, 2.75) is 4.90 Å². The Morgan fingerprint density at radius 1 is 0.833 bits per heavy atom. The van der Waals surface area contributed by atoms with Crippen LogP contribution in [0.5, 0.6) is 5.75 Å². The molecule has 2 N–H and O–H groups in total. The Kier molecular flexibility index (Phi) is 4.22. The molecule has 0 amide bonds. The van der Waals surface area contributed by atoms with E-state index in [-0.39, 0.29) is 21.8 Å². The highest BCUT2D eigenvalue weighted by Crippen LogP contribution is 2.34. The number of hydrogen-bond acceptors (Lipinski definition) is 3. The third-order valence-electron chi connectivity index (χ3n) is 3.45. The van der Waals surface area contributed by atoms with E-state index in [1.165, 1.54) is 18.2 Å². The summed E-state index contributed by atoms with van der Waals surface area (Å²) in [5, 5.41) is 9.99. The molecule has 3 aromatic carbocycles. The maximum Gasteiger partial charge on any atom is 0.262 e. The Bertz CT molecular complexity index is 973. The zero-order valence-corrected chi connectivity index (χ0v) is 13.3. The first kappa shape index (κ1) is 16.0. The zero-order chi connectivity index (χ0) is 17.2. The normalized spacial score (nSPS) is 11.2. The molecule has 0 spiro atoms. The van der Waals surface area contributed by atoms with E-state index >= 15 is 0 Å². The van der Waals surface area contributed by atoms with Gasteiger partial charge in [0.05, 0.1) is 4.90 Å². The van der Waals surface area contributed by atoms with E-state index in [1.807, 2.05) is 0 Å².